The Morgan fingerprint density at radius 1 is 1.13 bits per heavy atom. The largest absolute Gasteiger partial charge is 0.248 e. The van der Waals surface area contributed by atoms with Gasteiger partial charge in [-0.1, -0.05) is 0 Å². The van der Waals surface area contributed by atoms with Gasteiger partial charge < -0.3 is 0 Å². The Hall–Kier alpha value is -1.60. The average molecular weight is 213 g/mol. The van der Waals surface area contributed by atoms with E-state index in [0.717, 1.165) is 33.9 Å². The van der Waals surface area contributed by atoms with E-state index < -0.39 is 0 Å². The van der Waals surface area contributed by atoms with Crippen LogP contribution in [0.5, 0.6) is 0 Å². The van der Waals surface area contributed by atoms with E-state index in [1.54, 1.807) is 12.1 Å². The fourth-order valence-electron chi connectivity index (χ4n) is 1.67. The predicted molar refractivity (Wildman–Crippen MR) is 59.3 cm³/mol. The summed E-state index contributed by atoms with van der Waals surface area (Å²) in [6.07, 6.45) is 0. The molecule has 1 aromatic heterocycles. The Morgan fingerprint density at radius 3 is 2.60 bits per heavy atom. The number of aromatic nitrogens is 2. The van der Waals surface area contributed by atoms with Crippen LogP contribution in [0, 0.1) is 11.3 Å². The molecule has 0 aliphatic carbocycles. The first kappa shape index (κ1) is 8.69. The number of hydrogen-bond donors (Lipinski definition) is 0. The lowest BCUT2D eigenvalue weighted by Crippen LogP contribution is -1.94. The van der Waals surface area contributed by atoms with Crippen molar-refractivity contribution in [3.63, 3.8) is 0 Å². The first-order valence-corrected chi connectivity index (χ1v) is 5.80. The highest BCUT2D eigenvalue weighted by molar-refractivity contribution is 7.98. The molecule has 72 valence electrons. The monoisotopic (exact) mass is 213 g/mol. The molecule has 2 heterocycles. The minimum Gasteiger partial charge on any atom is -0.248 e. The van der Waals surface area contributed by atoms with Crippen molar-refractivity contribution in [3.05, 3.63) is 35.2 Å². The highest BCUT2D eigenvalue weighted by Crippen LogP contribution is 2.28. The minimum atomic E-state index is 0.641. The SMILES string of the molecule is N#Cc1ccc2nc3c(nc2c1)CSC3. The first-order valence-electron chi connectivity index (χ1n) is 4.64. The summed E-state index contributed by atoms with van der Waals surface area (Å²) >= 11 is 1.83. The van der Waals surface area contributed by atoms with Crippen molar-refractivity contribution in [1.29, 1.82) is 5.26 Å². The molecule has 0 bridgehead atoms. The molecular formula is C11H7N3S. The van der Waals surface area contributed by atoms with Crippen LogP contribution in [0.15, 0.2) is 18.2 Å². The first-order chi connectivity index (χ1) is 7.36. The molecule has 0 unspecified atom stereocenters. The van der Waals surface area contributed by atoms with Crippen LogP contribution in [0.1, 0.15) is 17.0 Å². The molecule has 0 radical (unpaired) electrons. The van der Waals surface area contributed by atoms with Crippen LogP contribution in [-0.2, 0) is 11.5 Å². The lowest BCUT2D eigenvalue weighted by atomic mass is 10.2. The summed E-state index contributed by atoms with van der Waals surface area (Å²) < 4.78 is 0. The number of rotatable bonds is 0. The van der Waals surface area contributed by atoms with Crippen LogP contribution < -0.4 is 0 Å². The Bertz CT molecular complexity index is 586. The third kappa shape index (κ3) is 1.36. The maximum Gasteiger partial charge on any atom is 0.0992 e. The Morgan fingerprint density at radius 2 is 1.87 bits per heavy atom. The molecule has 15 heavy (non-hydrogen) atoms. The second kappa shape index (κ2) is 3.21. The van der Waals surface area contributed by atoms with Gasteiger partial charge in [-0.25, -0.2) is 9.97 Å². The number of fused-ring (bicyclic) bond motifs is 2. The van der Waals surface area contributed by atoms with Gasteiger partial charge in [-0.3, -0.25) is 0 Å². The zero-order valence-corrected chi connectivity index (χ0v) is 8.71. The second-order valence-corrected chi connectivity index (χ2v) is 4.41. The summed E-state index contributed by atoms with van der Waals surface area (Å²) in [5.41, 5.74) is 4.52. The third-order valence-corrected chi connectivity index (χ3v) is 3.38. The van der Waals surface area contributed by atoms with E-state index in [0.29, 0.717) is 5.56 Å². The minimum absolute atomic E-state index is 0.641. The van der Waals surface area contributed by atoms with Crippen molar-refractivity contribution in [2.45, 2.75) is 11.5 Å². The summed E-state index contributed by atoms with van der Waals surface area (Å²) in [4.78, 5) is 9.07. The van der Waals surface area contributed by atoms with E-state index in [-0.39, 0.29) is 0 Å². The molecular weight excluding hydrogens is 206 g/mol. The van der Waals surface area contributed by atoms with Gasteiger partial charge in [0, 0.05) is 11.5 Å². The molecule has 0 saturated carbocycles. The van der Waals surface area contributed by atoms with Gasteiger partial charge in [0.1, 0.15) is 0 Å². The van der Waals surface area contributed by atoms with Crippen LogP contribution in [-0.4, -0.2) is 9.97 Å². The molecule has 2 aromatic rings. The molecule has 3 nitrogen and oxygen atoms in total. The van der Waals surface area contributed by atoms with Crippen molar-refractivity contribution in [2.24, 2.45) is 0 Å². The van der Waals surface area contributed by atoms with E-state index in [9.17, 15) is 0 Å². The van der Waals surface area contributed by atoms with Gasteiger partial charge in [0.25, 0.3) is 0 Å². The molecule has 0 spiro atoms. The van der Waals surface area contributed by atoms with E-state index in [1.165, 1.54) is 0 Å². The maximum atomic E-state index is 8.79. The standard InChI is InChI=1S/C11H7N3S/c12-4-7-1-2-8-9(3-7)14-11-6-15-5-10(11)13-8/h1-3H,5-6H2. The fraction of sp³-hybridized carbons (Fsp3) is 0.182. The number of benzene rings is 1. The van der Waals surface area contributed by atoms with Crippen LogP contribution in [0.25, 0.3) is 11.0 Å². The molecule has 0 amide bonds. The van der Waals surface area contributed by atoms with Gasteiger partial charge in [-0.2, -0.15) is 5.26 Å². The van der Waals surface area contributed by atoms with Crippen molar-refractivity contribution < 1.29 is 0 Å². The second-order valence-electron chi connectivity index (χ2n) is 3.43. The molecule has 4 heteroatoms. The summed E-state index contributed by atoms with van der Waals surface area (Å²) in [7, 11) is 0. The molecule has 1 aromatic carbocycles. The number of thioether (sulfide) groups is 1. The van der Waals surface area contributed by atoms with E-state index >= 15 is 0 Å². The van der Waals surface area contributed by atoms with Crippen LogP contribution >= 0.6 is 11.8 Å². The van der Waals surface area contributed by atoms with Crippen LogP contribution in [0.2, 0.25) is 0 Å². The third-order valence-electron chi connectivity index (χ3n) is 2.43. The number of hydrogen-bond acceptors (Lipinski definition) is 4. The van der Waals surface area contributed by atoms with Crippen LogP contribution in [0.3, 0.4) is 0 Å². The summed E-state index contributed by atoms with van der Waals surface area (Å²) in [5.74, 6) is 1.90. The molecule has 0 atom stereocenters. The average Bonchev–Trinajstić information content (AvgIpc) is 2.72. The zero-order chi connectivity index (χ0) is 10.3. The smallest absolute Gasteiger partial charge is 0.0992 e. The van der Waals surface area contributed by atoms with Crippen LogP contribution in [0.4, 0.5) is 0 Å². The van der Waals surface area contributed by atoms with Crippen molar-refractivity contribution in [1.82, 2.24) is 9.97 Å². The van der Waals surface area contributed by atoms with Crippen molar-refractivity contribution in [2.75, 3.05) is 0 Å². The molecule has 1 aliphatic heterocycles. The topological polar surface area (TPSA) is 49.6 Å². The summed E-state index contributed by atoms with van der Waals surface area (Å²) in [6, 6.07) is 7.56. The normalized spacial score (nSPS) is 13.8. The van der Waals surface area contributed by atoms with Gasteiger partial charge in [-0.15, -0.1) is 11.8 Å². The predicted octanol–water partition coefficient (Wildman–Crippen LogP) is 2.25. The van der Waals surface area contributed by atoms with Crippen molar-refractivity contribution in [3.8, 4) is 6.07 Å². The fourth-order valence-corrected chi connectivity index (χ4v) is 2.62. The quantitative estimate of drug-likeness (QED) is 0.673. The van der Waals surface area contributed by atoms with E-state index in [4.69, 9.17) is 5.26 Å². The maximum absolute atomic E-state index is 8.79. The summed E-state index contributed by atoms with van der Waals surface area (Å²) in [5, 5.41) is 8.79. The van der Waals surface area contributed by atoms with E-state index in [2.05, 4.69) is 16.0 Å². The van der Waals surface area contributed by atoms with Gasteiger partial charge in [0.2, 0.25) is 0 Å². The van der Waals surface area contributed by atoms with Crippen molar-refractivity contribution >= 4 is 22.8 Å². The van der Waals surface area contributed by atoms with Gasteiger partial charge >= 0.3 is 0 Å². The van der Waals surface area contributed by atoms with E-state index in [1.807, 2.05) is 17.8 Å². The molecule has 3 rings (SSSR count). The Balaban J connectivity index is 2.30. The van der Waals surface area contributed by atoms with Gasteiger partial charge in [-0.05, 0) is 18.2 Å². The molecule has 1 aliphatic rings. The molecule has 0 N–H and O–H groups in total. The Kier molecular flexibility index (Phi) is 1.86. The van der Waals surface area contributed by atoms with Gasteiger partial charge in [0.15, 0.2) is 0 Å². The summed E-state index contributed by atoms with van der Waals surface area (Å²) in [6.45, 7) is 0. The van der Waals surface area contributed by atoms with Gasteiger partial charge in [0.05, 0.1) is 34.1 Å². The molecule has 0 fully saturated rings. The highest BCUT2D eigenvalue weighted by atomic mass is 32.2. The lowest BCUT2D eigenvalue weighted by molar-refractivity contribution is 1.11. The highest BCUT2D eigenvalue weighted by Gasteiger charge is 2.15. The number of nitriles is 1. The lowest BCUT2D eigenvalue weighted by Gasteiger charge is -2.00. The zero-order valence-electron chi connectivity index (χ0n) is 7.90. The molecule has 0 saturated heterocycles. The number of nitrogens with zero attached hydrogens (tertiary/aromatic N) is 3. The Labute approximate surface area is 91.2 Å².